The van der Waals surface area contributed by atoms with Crippen molar-refractivity contribution in [1.29, 1.82) is 0 Å². The van der Waals surface area contributed by atoms with Gasteiger partial charge in [-0.1, -0.05) is 54.4 Å². The predicted octanol–water partition coefficient (Wildman–Crippen LogP) is 3.38. The zero-order valence-corrected chi connectivity index (χ0v) is 40.6. The number of ether oxygens (including phenoxy) is 2. The van der Waals surface area contributed by atoms with E-state index in [4.69, 9.17) is 21.1 Å². The van der Waals surface area contributed by atoms with Gasteiger partial charge in [-0.3, -0.25) is 48.1 Å². The maximum atomic E-state index is 14.5. The van der Waals surface area contributed by atoms with E-state index in [1.165, 1.54) is 9.80 Å². The number of nitrogens with zero attached hydrogens (tertiary/aromatic N) is 4. The van der Waals surface area contributed by atoms with Crippen molar-refractivity contribution in [3.8, 4) is 0 Å². The van der Waals surface area contributed by atoms with Crippen LogP contribution in [0.1, 0.15) is 119 Å². The Morgan fingerprint density at radius 3 is 2.11 bits per heavy atom. The van der Waals surface area contributed by atoms with Crippen molar-refractivity contribution in [2.24, 2.45) is 41.2 Å². The molecule has 0 radical (unpaired) electrons. The molecule has 63 heavy (non-hydrogen) atoms. The number of nitrogens with two attached hydrogens (primary N) is 2. The van der Waals surface area contributed by atoms with Gasteiger partial charge in [0.2, 0.25) is 35.4 Å². The number of rotatable bonds is 30. The van der Waals surface area contributed by atoms with Crippen molar-refractivity contribution in [2.45, 2.75) is 155 Å². The summed E-state index contributed by atoms with van der Waals surface area (Å²) >= 11 is 1.12. The third kappa shape index (κ3) is 15.9. The highest BCUT2D eigenvalue weighted by molar-refractivity contribution is 8.00. The summed E-state index contributed by atoms with van der Waals surface area (Å²) in [6.07, 6.45) is 3.33. The lowest BCUT2D eigenvalue weighted by molar-refractivity contribution is -0.149. The Hall–Kier alpha value is -3.45. The molecule has 18 heteroatoms. The first kappa shape index (κ1) is 55.7. The van der Waals surface area contributed by atoms with Gasteiger partial charge in [-0.25, -0.2) is 5.90 Å². The molecule has 2 aliphatic heterocycles. The van der Waals surface area contributed by atoms with Crippen molar-refractivity contribution < 1.29 is 52.7 Å². The lowest BCUT2D eigenvalue weighted by atomic mass is 9.83. The summed E-state index contributed by atoms with van der Waals surface area (Å²) in [5, 5.41) is -0.690. The topological polar surface area (TPSA) is 229 Å². The third-order valence-electron chi connectivity index (χ3n) is 13.0. The van der Waals surface area contributed by atoms with Gasteiger partial charge in [0.05, 0.1) is 47.9 Å². The monoisotopic (exact) mass is 911 g/mol. The summed E-state index contributed by atoms with van der Waals surface area (Å²) in [5.74, 6) is 0.642. The quantitative estimate of drug-likeness (QED) is 0.0599. The smallest absolute Gasteiger partial charge is 0.242 e. The Balaban J connectivity index is 2.03. The fraction of sp³-hybridized carbons (Fsp3) is 0.822. The number of likely N-dealkylation sites (N-methyl/N-ethyl adjacent to an activating group) is 2. The maximum Gasteiger partial charge on any atom is 0.242 e. The van der Waals surface area contributed by atoms with Crippen LogP contribution in [-0.4, -0.2) is 156 Å². The Bertz CT molecular complexity index is 1560. The van der Waals surface area contributed by atoms with Crippen molar-refractivity contribution >= 4 is 58.8 Å². The molecule has 0 spiro atoms. The van der Waals surface area contributed by atoms with Gasteiger partial charge in [-0.05, 0) is 50.4 Å². The molecule has 360 valence electrons. The Labute approximate surface area is 379 Å². The third-order valence-corrected chi connectivity index (χ3v) is 14.4. The molecule has 0 aromatic rings. The van der Waals surface area contributed by atoms with Gasteiger partial charge in [0.25, 0.3) is 0 Å². The summed E-state index contributed by atoms with van der Waals surface area (Å²) in [6, 6.07) is -1.20. The number of primary amides is 1. The average Bonchev–Trinajstić information content (AvgIpc) is 3.83. The van der Waals surface area contributed by atoms with Crippen molar-refractivity contribution in [3.63, 3.8) is 0 Å². The van der Waals surface area contributed by atoms with Gasteiger partial charge in [-0.2, -0.15) is 0 Å². The molecule has 4 N–H and O–H groups in total. The average molecular weight is 911 g/mol. The molecule has 2 aliphatic rings. The number of hydrogen-bond donors (Lipinski definition) is 2. The number of unbranched alkanes of at least 4 members (excludes halogenated alkanes) is 2. The Morgan fingerprint density at radius 2 is 1.56 bits per heavy atom. The molecule has 3 unspecified atom stereocenters. The molecule has 6 amide bonds. The van der Waals surface area contributed by atoms with Crippen LogP contribution in [-0.2, 0) is 52.7 Å². The second kappa shape index (κ2) is 27.1. The summed E-state index contributed by atoms with van der Waals surface area (Å²) in [7, 11) is 6.57. The van der Waals surface area contributed by atoms with E-state index in [2.05, 4.69) is 4.84 Å². The van der Waals surface area contributed by atoms with E-state index in [-0.39, 0.29) is 116 Å². The van der Waals surface area contributed by atoms with E-state index in [1.54, 1.807) is 33.2 Å². The van der Waals surface area contributed by atoms with Crippen LogP contribution in [0.25, 0.3) is 0 Å². The number of methoxy groups -OCH3 is 2. The van der Waals surface area contributed by atoms with Crippen molar-refractivity contribution in [3.05, 3.63) is 0 Å². The number of likely N-dealkylation sites (tertiary alicyclic amines) is 2. The molecule has 2 rings (SSSR count). The first-order chi connectivity index (χ1) is 29.7. The number of hydrogen-bond acceptors (Lipinski definition) is 13. The van der Waals surface area contributed by atoms with E-state index in [0.29, 0.717) is 25.8 Å². The van der Waals surface area contributed by atoms with Crippen molar-refractivity contribution in [2.75, 3.05) is 53.8 Å². The second-order valence-electron chi connectivity index (χ2n) is 18.1. The van der Waals surface area contributed by atoms with Crippen LogP contribution in [0.2, 0.25) is 0 Å². The lowest BCUT2D eigenvalue weighted by Crippen LogP contribution is -2.54. The fourth-order valence-corrected chi connectivity index (χ4v) is 10.3. The largest absolute Gasteiger partial charge is 0.380 e. The predicted molar refractivity (Wildman–Crippen MR) is 240 cm³/mol. The molecule has 0 aromatic heterocycles. The molecule has 0 saturated carbocycles. The van der Waals surface area contributed by atoms with Crippen LogP contribution in [0.3, 0.4) is 0 Å². The van der Waals surface area contributed by atoms with E-state index in [0.717, 1.165) is 31.0 Å². The normalized spacial score (nSPS) is 20.1. The molecule has 0 bridgehead atoms. The Morgan fingerprint density at radius 1 is 0.889 bits per heavy atom. The van der Waals surface area contributed by atoms with Gasteiger partial charge in [-0.15, -0.1) is 11.8 Å². The highest BCUT2D eigenvalue weighted by Crippen LogP contribution is 2.31. The zero-order valence-electron chi connectivity index (χ0n) is 39.8. The van der Waals surface area contributed by atoms with E-state index in [1.807, 2.05) is 53.4 Å². The highest BCUT2D eigenvalue weighted by atomic mass is 32.2. The lowest BCUT2D eigenvalue weighted by Gasteiger charge is -2.40. The number of ketones is 2. The molecule has 2 heterocycles. The zero-order chi connectivity index (χ0) is 47.7. The van der Waals surface area contributed by atoms with Crippen LogP contribution in [0, 0.1) is 29.6 Å². The summed E-state index contributed by atoms with van der Waals surface area (Å²) in [4.78, 5) is 116. The number of amides is 6. The second-order valence-corrected chi connectivity index (χ2v) is 19.4. The number of Topliss-reactive ketones (excluding diaryl/α,β-unsaturated/α-hetero) is 2. The van der Waals surface area contributed by atoms with Crippen LogP contribution in [0.4, 0.5) is 0 Å². The minimum absolute atomic E-state index is 0.0122. The molecule has 17 nitrogen and oxygen atoms in total. The van der Waals surface area contributed by atoms with Crippen LogP contribution < -0.4 is 11.6 Å². The SMILES string of the molecule is CC[C@H](C)C([C@@H](CC(=O)N1CCC[C@H]1[C@@H](C)OC)OC)N(C)C(=O)[C@H](CC(=O)[C@H](C(C)C)N(C)C(=O)CCCCCN1C(=O)CC(SCC(CC(=O)CON)C(N)=O)C1=O)C(C)C. The number of carbonyl (C=O) groups is 8. The number of imide groups is 1. The van der Waals surface area contributed by atoms with Crippen molar-refractivity contribution in [1.82, 2.24) is 19.6 Å². The first-order valence-electron chi connectivity index (χ1n) is 22.6. The van der Waals surface area contributed by atoms with Gasteiger partial charge < -0.3 is 29.9 Å². The highest BCUT2D eigenvalue weighted by Gasteiger charge is 2.42. The van der Waals surface area contributed by atoms with Gasteiger partial charge in [0, 0.05) is 78.8 Å². The Kier molecular flexibility index (Phi) is 24.0. The van der Waals surface area contributed by atoms with E-state index >= 15 is 0 Å². The van der Waals surface area contributed by atoms with Crippen LogP contribution >= 0.6 is 11.8 Å². The summed E-state index contributed by atoms with van der Waals surface area (Å²) in [6.45, 7) is 14.1. The molecule has 2 fully saturated rings. The minimum Gasteiger partial charge on any atom is -0.380 e. The summed E-state index contributed by atoms with van der Waals surface area (Å²) < 4.78 is 11.6. The molecular formula is C45H78N6O11S. The number of carbonyl (C=O) groups excluding carboxylic acids is 8. The fourth-order valence-electron chi connectivity index (χ4n) is 8.98. The van der Waals surface area contributed by atoms with E-state index < -0.39 is 47.0 Å². The van der Waals surface area contributed by atoms with Gasteiger partial charge in [0.15, 0.2) is 11.6 Å². The summed E-state index contributed by atoms with van der Waals surface area (Å²) in [5.41, 5.74) is 5.44. The van der Waals surface area contributed by atoms with Crippen LogP contribution in [0.15, 0.2) is 0 Å². The molecule has 9 atom stereocenters. The van der Waals surface area contributed by atoms with Crippen LogP contribution in [0.5, 0.6) is 0 Å². The molecular weight excluding hydrogens is 833 g/mol. The van der Waals surface area contributed by atoms with Gasteiger partial charge in [0.1, 0.15) is 6.61 Å². The van der Waals surface area contributed by atoms with Gasteiger partial charge >= 0.3 is 0 Å². The van der Waals surface area contributed by atoms with E-state index in [9.17, 15) is 38.4 Å². The molecule has 2 saturated heterocycles. The molecule has 0 aliphatic carbocycles. The molecule has 0 aromatic carbocycles. The minimum atomic E-state index is -0.832. The first-order valence-corrected chi connectivity index (χ1v) is 23.7. The standard InChI is InChI=1S/C45H78N6O11S/c1-12-29(6)42(36(61-11)23-39(55)50-20-16-17-34(50)30(7)60-10)49(9)44(58)33(27(2)3)22-35(53)41(28(4)5)48(8)38(54)18-14-13-15-19-51-40(56)24-37(45(51)59)63-26-31(43(46)57)21-32(52)25-62-47/h27-31,33-34,36-37,41-42H,12-26,47H2,1-11H3,(H2,46,57)/t29-,30+,31?,33+,34-,36+,37?,41-,42?/m0/s1. The number of thioether (sulfide) groups is 1. The maximum absolute atomic E-state index is 14.5.